The molecule has 0 amide bonds. The number of benzene rings is 4. The molecule has 0 unspecified atom stereocenters. The van der Waals surface area contributed by atoms with Crippen LogP contribution < -0.4 is 4.74 Å². The Bertz CT molecular complexity index is 983. The fraction of sp³-hybridized carbons (Fsp3) is 0.100. The summed E-state index contributed by atoms with van der Waals surface area (Å²) in [5.41, 5.74) is 1.29. The molecule has 4 aromatic rings. The number of rotatable bonds is 1. The van der Waals surface area contributed by atoms with E-state index in [-0.39, 0.29) is 0 Å². The summed E-state index contributed by atoms with van der Waals surface area (Å²) in [7, 11) is 1.72. The fourth-order valence-corrected chi connectivity index (χ4v) is 3.18. The van der Waals surface area contributed by atoms with Gasteiger partial charge in [0.15, 0.2) is 0 Å². The summed E-state index contributed by atoms with van der Waals surface area (Å²) in [6.45, 7) is 2.14. The van der Waals surface area contributed by atoms with Gasteiger partial charge in [-0.15, -0.1) is 0 Å². The lowest BCUT2D eigenvalue weighted by atomic mass is 9.93. The number of fused-ring (bicyclic) bond motifs is 6. The van der Waals surface area contributed by atoms with Gasteiger partial charge in [-0.05, 0) is 51.4 Å². The SMILES string of the molecule is COc1ccc2c3ccccc3c3cc(C)ccc3c2c1. The van der Waals surface area contributed by atoms with Gasteiger partial charge in [-0.3, -0.25) is 0 Å². The molecule has 0 heterocycles. The minimum absolute atomic E-state index is 0.902. The van der Waals surface area contributed by atoms with Crippen LogP contribution in [-0.4, -0.2) is 7.11 Å². The average molecular weight is 272 g/mol. The maximum absolute atomic E-state index is 5.41. The Kier molecular flexibility index (Phi) is 2.61. The minimum Gasteiger partial charge on any atom is -0.497 e. The average Bonchev–Trinajstić information content (AvgIpc) is 2.54. The summed E-state index contributed by atoms with van der Waals surface area (Å²) in [6.07, 6.45) is 0. The Morgan fingerprint density at radius 1 is 0.619 bits per heavy atom. The van der Waals surface area contributed by atoms with E-state index in [2.05, 4.69) is 61.5 Å². The second-order valence-corrected chi connectivity index (χ2v) is 5.51. The lowest BCUT2D eigenvalue weighted by molar-refractivity contribution is 0.415. The van der Waals surface area contributed by atoms with Crippen LogP contribution in [0.1, 0.15) is 5.56 Å². The summed E-state index contributed by atoms with van der Waals surface area (Å²) < 4.78 is 5.41. The maximum Gasteiger partial charge on any atom is 0.119 e. The number of hydrogen-bond donors (Lipinski definition) is 0. The largest absolute Gasteiger partial charge is 0.497 e. The molecule has 0 N–H and O–H groups in total. The molecule has 0 atom stereocenters. The first-order valence-electron chi connectivity index (χ1n) is 7.17. The summed E-state index contributed by atoms with van der Waals surface area (Å²) in [4.78, 5) is 0. The van der Waals surface area contributed by atoms with Crippen LogP contribution in [0.25, 0.3) is 32.3 Å². The molecule has 0 bridgehead atoms. The molecule has 0 saturated carbocycles. The molecular weight excluding hydrogens is 256 g/mol. The Labute approximate surface area is 123 Å². The topological polar surface area (TPSA) is 9.23 Å². The van der Waals surface area contributed by atoms with Gasteiger partial charge in [-0.2, -0.15) is 0 Å². The van der Waals surface area contributed by atoms with Crippen molar-refractivity contribution < 1.29 is 4.74 Å². The Balaban J connectivity index is 2.34. The normalized spacial score (nSPS) is 11.3. The third-order valence-electron chi connectivity index (χ3n) is 4.20. The first kappa shape index (κ1) is 12.2. The van der Waals surface area contributed by atoms with Crippen molar-refractivity contribution in [3.63, 3.8) is 0 Å². The highest BCUT2D eigenvalue weighted by Crippen LogP contribution is 2.36. The summed E-state index contributed by atoms with van der Waals surface area (Å²) in [5, 5.41) is 7.74. The van der Waals surface area contributed by atoms with Crippen molar-refractivity contribution in [2.75, 3.05) is 7.11 Å². The van der Waals surface area contributed by atoms with Gasteiger partial charge in [0, 0.05) is 0 Å². The molecule has 0 aliphatic heterocycles. The zero-order chi connectivity index (χ0) is 14.4. The summed E-state index contributed by atoms with van der Waals surface area (Å²) >= 11 is 0. The molecule has 1 nitrogen and oxygen atoms in total. The molecule has 21 heavy (non-hydrogen) atoms. The quantitative estimate of drug-likeness (QED) is 0.418. The zero-order valence-electron chi connectivity index (χ0n) is 12.2. The first-order chi connectivity index (χ1) is 10.3. The molecule has 0 fully saturated rings. The first-order valence-corrected chi connectivity index (χ1v) is 7.17. The predicted molar refractivity (Wildman–Crippen MR) is 90.2 cm³/mol. The van der Waals surface area contributed by atoms with E-state index in [9.17, 15) is 0 Å². The van der Waals surface area contributed by atoms with E-state index in [0.717, 1.165) is 5.75 Å². The van der Waals surface area contributed by atoms with Gasteiger partial charge in [0.1, 0.15) is 5.75 Å². The number of aryl methyl sites for hydroxylation is 1. The third-order valence-corrected chi connectivity index (χ3v) is 4.20. The highest BCUT2D eigenvalue weighted by Gasteiger charge is 2.09. The van der Waals surface area contributed by atoms with Crippen LogP contribution in [0.5, 0.6) is 5.75 Å². The van der Waals surface area contributed by atoms with Gasteiger partial charge in [0.25, 0.3) is 0 Å². The highest BCUT2D eigenvalue weighted by molar-refractivity contribution is 6.25. The molecule has 102 valence electrons. The molecule has 0 radical (unpaired) electrons. The highest BCUT2D eigenvalue weighted by atomic mass is 16.5. The minimum atomic E-state index is 0.902. The number of methoxy groups -OCH3 is 1. The Morgan fingerprint density at radius 3 is 1.95 bits per heavy atom. The van der Waals surface area contributed by atoms with E-state index in [4.69, 9.17) is 4.74 Å². The van der Waals surface area contributed by atoms with Gasteiger partial charge < -0.3 is 4.74 Å². The van der Waals surface area contributed by atoms with E-state index in [0.29, 0.717) is 0 Å². The van der Waals surface area contributed by atoms with Crippen molar-refractivity contribution in [3.8, 4) is 5.75 Å². The van der Waals surface area contributed by atoms with Crippen molar-refractivity contribution in [1.82, 2.24) is 0 Å². The van der Waals surface area contributed by atoms with Crippen LogP contribution in [0, 0.1) is 6.92 Å². The van der Waals surface area contributed by atoms with E-state index >= 15 is 0 Å². The lowest BCUT2D eigenvalue weighted by Gasteiger charge is -2.12. The number of ether oxygens (including phenoxy) is 1. The molecule has 0 aliphatic rings. The van der Waals surface area contributed by atoms with Gasteiger partial charge in [-0.25, -0.2) is 0 Å². The van der Waals surface area contributed by atoms with Crippen LogP contribution in [0.15, 0.2) is 60.7 Å². The summed E-state index contributed by atoms with van der Waals surface area (Å²) in [5.74, 6) is 0.902. The Morgan fingerprint density at radius 2 is 1.19 bits per heavy atom. The fourth-order valence-electron chi connectivity index (χ4n) is 3.18. The number of hydrogen-bond acceptors (Lipinski definition) is 1. The van der Waals surface area contributed by atoms with E-state index in [1.54, 1.807) is 7.11 Å². The van der Waals surface area contributed by atoms with Crippen LogP contribution >= 0.6 is 0 Å². The second-order valence-electron chi connectivity index (χ2n) is 5.51. The zero-order valence-corrected chi connectivity index (χ0v) is 12.2. The van der Waals surface area contributed by atoms with Gasteiger partial charge >= 0.3 is 0 Å². The lowest BCUT2D eigenvalue weighted by Crippen LogP contribution is -1.86. The standard InChI is InChI=1S/C20H16O/c1-13-7-9-18-19(11-13)16-6-4-3-5-15(16)17-10-8-14(21-2)12-20(17)18/h3-12H,1-2H3. The molecule has 0 aromatic heterocycles. The molecule has 1 heteroatoms. The Hall–Kier alpha value is -2.54. The monoisotopic (exact) mass is 272 g/mol. The van der Waals surface area contributed by atoms with Crippen LogP contribution in [0.2, 0.25) is 0 Å². The van der Waals surface area contributed by atoms with E-state index in [1.165, 1.54) is 37.9 Å². The van der Waals surface area contributed by atoms with Crippen molar-refractivity contribution in [1.29, 1.82) is 0 Å². The predicted octanol–water partition coefficient (Wildman–Crippen LogP) is 5.46. The van der Waals surface area contributed by atoms with Gasteiger partial charge in [-0.1, -0.05) is 54.1 Å². The van der Waals surface area contributed by atoms with Crippen LogP contribution in [0.4, 0.5) is 0 Å². The smallest absolute Gasteiger partial charge is 0.119 e. The van der Waals surface area contributed by atoms with Crippen molar-refractivity contribution in [2.24, 2.45) is 0 Å². The van der Waals surface area contributed by atoms with E-state index < -0.39 is 0 Å². The summed E-state index contributed by atoms with van der Waals surface area (Å²) in [6, 6.07) is 21.6. The van der Waals surface area contributed by atoms with Crippen LogP contribution in [0.3, 0.4) is 0 Å². The molecule has 0 aliphatic carbocycles. The molecular formula is C20H16O. The van der Waals surface area contributed by atoms with Crippen LogP contribution in [-0.2, 0) is 0 Å². The van der Waals surface area contributed by atoms with Crippen molar-refractivity contribution in [3.05, 3.63) is 66.2 Å². The molecule has 4 rings (SSSR count). The maximum atomic E-state index is 5.41. The third kappa shape index (κ3) is 1.78. The van der Waals surface area contributed by atoms with Gasteiger partial charge in [0.2, 0.25) is 0 Å². The van der Waals surface area contributed by atoms with E-state index in [1.807, 2.05) is 6.07 Å². The second kappa shape index (κ2) is 4.49. The van der Waals surface area contributed by atoms with Gasteiger partial charge in [0.05, 0.1) is 7.11 Å². The molecule has 0 saturated heterocycles. The molecule has 0 spiro atoms. The van der Waals surface area contributed by atoms with Crippen molar-refractivity contribution >= 4 is 32.3 Å². The molecule has 4 aromatic carbocycles. The van der Waals surface area contributed by atoms with Crippen molar-refractivity contribution in [2.45, 2.75) is 6.92 Å².